The van der Waals surface area contributed by atoms with Gasteiger partial charge in [-0.2, -0.15) is 0 Å². The highest BCUT2D eigenvalue weighted by Crippen LogP contribution is 2.20. The number of carboxylic acid groups (broad SMARTS) is 2. The van der Waals surface area contributed by atoms with Crippen LogP contribution in [0, 0.1) is 0 Å². The number of rotatable bonds is 26. The van der Waals surface area contributed by atoms with Gasteiger partial charge in [-0.1, -0.05) is 53.4 Å². The molecule has 18 heteroatoms. The van der Waals surface area contributed by atoms with Gasteiger partial charge in [0.15, 0.2) is 0 Å². The van der Waals surface area contributed by atoms with Gasteiger partial charge in [0.25, 0.3) is 0 Å². The van der Waals surface area contributed by atoms with Gasteiger partial charge in [0.05, 0.1) is 13.1 Å². The van der Waals surface area contributed by atoms with Gasteiger partial charge < -0.3 is 41.3 Å². The first-order valence-corrected chi connectivity index (χ1v) is 25.5. The molecule has 4 fully saturated rings. The smallest absolute Gasteiger partial charge is 0.303 e. The molecule has 4 aliphatic heterocycles. The number of hydrogen-bond acceptors (Lipinski definition) is 12. The molecule has 4 amide bonds. The molecular weight excluding hydrogens is 872 g/mol. The van der Waals surface area contributed by atoms with Crippen molar-refractivity contribution in [3.05, 3.63) is 0 Å². The molecule has 18 nitrogen and oxygen atoms in total. The summed E-state index contributed by atoms with van der Waals surface area (Å²) < 4.78 is 0. The van der Waals surface area contributed by atoms with E-state index >= 15 is 0 Å². The third-order valence-corrected chi connectivity index (χ3v) is 12.4. The van der Waals surface area contributed by atoms with E-state index < -0.39 is 11.9 Å². The van der Waals surface area contributed by atoms with E-state index in [2.05, 4.69) is 92.5 Å². The van der Waals surface area contributed by atoms with Crippen LogP contribution in [-0.2, 0) is 28.8 Å². The molecule has 0 aliphatic carbocycles. The number of likely N-dealkylation sites (N-methyl/N-ethyl adjacent to an activating group) is 2. The van der Waals surface area contributed by atoms with Crippen LogP contribution in [0.15, 0.2) is 0 Å². The summed E-state index contributed by atoms with van der Waals surface area (Å²) in [6, 6.07) is 0.918. The topological polar surface area (TPSA) is 210 Å². The highest BCUT2D eigenvalue weighted by atomic mass is 16.5. The number of hydrogen-bond donors (Lipinski definition) is 6. The largest absolute Gasteiger partial charge is 0.481 e. The summed E-state index contributed by atoms with van der Waals surface area (Å²) in [7, 11) is 4.32. The van der Waals surface area contributed by atoms with Crippen LogP contribution in [0.3, 0.4) is 0 Å². The molecule has 6 N–H and O–H groups in total. The summed E-state index contributed by atoms with van der Waals surface area (Å²) in [6.45, 7) is 24.2. The van der Waals surface area contributed by atoms with Crippen molar-refractivity contribution in [1.29, 1.82) is 0 Å². The van der Waals surface area contributed by atoms with Crippen molar-refractivity contribution in [2.24, 2.45) is 0 Å². The highest BCUT2D eigenvalue weighted by molar-refractivity contribution is 5.79. The van der Waals surface area contributed by atoms with Crippen LogP contribution in [0.25, 0.3) is 0 Å². The molecular formula is C48H94N10O8. The molecule has 0 aromatic rings. The summed E-state index contributed by atoms with van der Waals surface area (Å²) in [6.07, 6.45) is 12.7. The standard InChI is InChI=1S/2C20H37N5O4.2C4H10/c2*1-23-11-13-24(14-12-23)15-17-5-4-10-25(17)16-19(27)22-8-2-6-18(26)21-9-3-7-20(28)29;2*1-3-4-2/h2*17H,2-16H2,1H3,(H,21,26)(H,22,27)(H,28,29);2*3-4H2,1-2H3/i1+1,4+1,5+1,10+1,11+1,12+1,13+1,14+1,15+1,17+1,18+1,20+1,21+1,22+1;1+1,4+1,5+1,10+1,11+1,12+1,13+1,14+1,15+1,16+1,17+1,19+1,21+1,22+1;;. The number of unbranched alkanes of at least 4 members (excludes halogenated alkanes) is 2. The first kappa shape index (κ1) is 60.6. The molecule has 0 radical (unpaired) electrons. The van der Waals surface area contributed by atoms with E-state index in [-0.39, 0.29) is 36.5 Å². The normalized spacial score (nSPS) is 19.5. The zero-order valence-electron chi connectivity index (χ0n) is 42.2. The molecule has 4 rings (SSSR count). The van der Waals surface area contributed by atoms with Crippen LogP contribution in [0.2, 0.25) is 0 Å². The molecule has 4 saturated heterocycles. The van der Waals surface area contributed by atoms with Crippen molar-refractivity contribution in [2.45, 2.75) is 143 Å². The third kappa shape index (κ3) is 31.5. The van der Waals surface area contributed by atoms with E-state index in [0.29, 0.717) is 89.9 Å². The number of amides is 4. The van der Waals surface area contributed by atoms with Crippen molar-refractivity contribution >= 4 is 35.6 Å². The molecule has 0 aromatic carbocycles. The van der Waals surface area contributed by atoms with Crippen LogP contribution in [0.1, 0.15) is 130 Å². The van der Waals surface area contributed by atoms with E-state index in [0.717, 1.165) is 104 Å². The van der Waals surface area contributed by atoms with Crippen molar-refractivity contribution in [2.75, 3.05) is 132 Å². The van der Waals surface area contributed by atoms with Crippen LogP contribution in [0.4, 0.5) is 0 Å². The quantitative estimate of drug-likeness (QED) is 0.0419. The fourth-order valence-electron chi connectivity index (χ4n) is 7.82. The predicted octanol–water partition coefficient (Wildman–Crippen LogP) is 2.76. The van der Waals surface area contributed by atoms with Crippen molar-refractivity contribution < 1.29 is 39.0 Å². The Hall–Kier alpha value is -3.42. The average molecular weight is 967 g/mol. The minimum absolute atomic E-state index is 0.0251. The summed E-state index contributed by atoms with van der Waals surface area (Å²) in [5.74, 6) is -1.86. The minimum atomic E-state index is -0.856. The fourth-order valence-corrected chi connectivity index (χ4v) is 7.82. The highest BCUT2D eigenvalue weighted by Gasteiger charge is 2.30. The zero-order chi connectivity index (χ0) is 49.0. The number of nitrogens with one attached hydrogen (secondary N) is 4. The molecule has 0 bridgehead atoms. The Morgan fingerprint density at radius 1 is 0.439 bits per heavy atom. The maximum atomic E-state index is 12.3. The molecule has 0 saturated carbocycles. The van der Waals surface area contributed by atoms with E-state index in [4.69, 9.17) is 10.2 Å². The SMILES string of the molecule is CCCC.CCCC.[13CH3]N1[13CH2][13CH2]N([13CH2][13CH]2[13CH2][13CH2][13CH2]N2CC(=O)[15NH]CCC[13C](=O)[15NH]CCC[13C](=O)O)[13CH2][13CH2]1.[13CH3]N1[13CH2][13CH2]N([13CH2][13CH]2[13CH2][13CH2][13CH2]N2[13CH2][13C](=O)[15NH]CCCC(=O)[15NH]CCCC(=O)O)[13CH2][13CH2]1. The molecule has 66 heavy (non-hydrogen) atoms. The van der Waals surface area contributed by atoms with Crippen molar-refractivity contribution in [3.63, 3.8) is 0 Å². The Bertz CT molecular complexity index is 1230. The lowest BCUT2D eigenvalue weighted by Gasteiger charge is -2.36. The number of carbonyl (C=O) groups is 6. The predicted molar refractivity (Wildman–Crippen MR) is 262 cm³/mol. The maximum absolute atomic E-state index is 12.3. The first-order valence-electron chi connectivity index (χ1n) is 25.5. The lowest BCUT2D eigenvalue weighted by molar-refractivity contribution is -0.138. The van der Waals surface area contributed by atoms with Gasteiger partial charge in [-0.3, -0.25) is 48.4 Å². The number of carbonyl (C=O) groups excluding carboxylic acids is 4. The number of piperazine rings is 2. The Balaban J connectivity index is 0.000000567. The molecule has 2 atom stereocenters. The zero-order valence-corrected chi connectivity index (χ0v) is 42.2. The molecule has 4 aliphatic rings. The van der Waals surface area contributed by atoms with Gasteiger partial charge in [-0.05, 0) is 78.6 Å². The summed E-state index contributed by atoms with van der Waals surface area (Å²) >= 11 is 0. The monoisotopic (exact) mass is 967 g/mol. The van der Waals surface area contributed by atoms with E-state index in [1.807, 2.05) is 0 Å². The maximum Gasteiger partial charge on any atom is 0.303 e. The third-order valence-electron chi connectivity index (χ3n) is 12.4. The second kappa shape index (κ2) is 38.5. The van der Waals surface area contributed by atoms with Gasteiger partial charge >= 0.3 is 11.9 Å². The molecule has 4 heterocycles. The van der Waals surface area contributed by atoms with Crippen molar-refractivity contribution in [3.8, 4) is 0 Å². The van der Waals surface area contributed by atoms with E-state index in [1.54, 1.807) is 0 Å². The minimum Gasteiger partial charge on any atom is -0.481 e. The Morgan fingerprint density at radius 2 is 0.742 bits per heavy atom. The lowest BCUT2D eigenvalue weighted by Crippen LogP contribution is -2.50. The van der Waals surface area contributed by atoms with Gasteiger partial charge in [-0.15, -0.1) is 0 Å². The molecule has 2 unspecified atom stereocenters. The second-order valence-corrected chi connectivity index (χ2v) is 18.3. The van der Waals surface area contributed by atoms with Gasteiger partial charge in [0.2, 0.25) is 23.6 Å². The summed E-state index contributed by atoms with van der Waals surface area (Å²) in [5, 5.41) is 28.3. The fraction of sp³-hybridized carbons (Fsp3) is 0.875. The summed E-state index contributed by atoms with van der Waals surface area (Å²) in [5.41, 5.74) is 0. The first-order chi connectivity index (χ1) is 31.7. The summed E-state index contributed by atoms with van der Waals surface area (Å²) in [4.78, 5) is 83.0. The average Bonchev–Trinajstić information content (AvgIpc) is 3.93. The number of nitrogens with zero attached hydrogens (tertiary/aromatic N) is 6. The van der Waals surface area contributed by atoms with Crippen LogP contribution >= 0.6 is 0 Å². The molecule has 384 valence electrons. The number of likely N-dealkylation sites (tertiary alicyclic amines) is 2. The molecule has 0 spiro atoms. The second-order valence-electron chi connectivity index (χ2n) is 18.3. The molecule has 0 aromatic heterocycles. The van der Waals surface area contributed by atoms with Crippen molar-refractivity contribution in [1.82, 2.24) is 50.7 Å². The number of aliphatic carboxylic acids is 2. The van der Waals surface area contributed by atoms with Crippen LogP contribution in [0.5, 0.6) is 0 Å². The van der Waals surface area contributed by atoms with Gasteiger partial charge in [-0.25, -0.2) is 0 Å². The van der Waals surface area contributed by atoms with Crippen LogP contribution in [-0.4, -0.2) is 219 Å². The van der Waals surface area contributed by atoms with Gasteiger partial charge in [0.1, 0.15) is 0 Å². The van der Waals surface area contributed by atoms with Gasteiger partial charge in [0, 0.05) is 129 Å². The Morgan fingerprint density at radius 3 is 1.05 bits per heavy atom. The Labute approximate surface area is 398 Å². The van der Waals surface area contributed by atoms with E-state index in [9.17, 15) is 28.8 Å². The van der Waals surface area contributed by atoms with Crippen LogP contribution < -0.4 is 21.3 Å². The van der Waals surface area contributed by atoms with E-state index in [1.165, 1.54) is 25.7 Å². The number of carboxylic acids is 2. The Kier molecular flexibility index (Phi) is 35.4. The lowest BCUT2D eigenvalue weighted by atomic mass is 10.3.